The first-order chi connectivity index (χ1) is 10.0. The SMILES string of the molecule is CCC(C(=O)O)n1c(=O)c2cccn2c2ccc(F)cc21. The number of aromatic nitrogens is 2. The standard InChI is InChI=1S/C15H13FN2O3/c1-2-10(15(20)21)18-13-8-9(16)5-6-11(13)17-7-3-4-12(17)14(18)19/h3-8,10H,2H2,1H3,(H,20,21). The van der Waals surface area contributed by atoms with Gasteiger partial charge in [0.15, 0.2) is 0 Å². The lowest BCUT2D eigenvalue weighted by atomic mass is 10.2. The van der Waals surface area contributed by atoms with Crippen LogP contribution < -0.4 is 5.56 Å². The number of nitrogens with zero attached hydrogens (tertiary/aromatic N) is 2. The molecule has 0 fully saturated rings. The molecule has 0 aliphatic heterocycles. The Balaban J connectivity index is 2.55. The molecule has 1 aromatic carbocycles. The molecule has 0 saturated heterocycles. The first kappa shape index (κ1) is 13.4. The lowest BCUT2D eigenvalue weighted by Crippen LogP contribution is -2.31. The molecule has 1 N–H and O–H groups in total. The highest BCUT2D eigenvalue weighted by Crippen LogP contribution is 2.21. The minimum atomic E-state index is -1.11. The monoisotopic (exact) mass is 288 g/mol. The summed E-state index contributed by atoms with van der Waals surface area (Å²) in [7, 11) is 0. The normalized spacial score (nSPS) is 12.9. The molecule has 108 valence electrons. The first-order valence-corrected chi connectivity index (χ1v) is 6.58. The van der Waals surface area contributed by atoms with Crippen molar-refractivity contribution in [1.82, 2.24) is 8.97 Å². The van der Waals surface area contributed by atoms with Crippen LogP contribution in [0.15, 0.2) is 41.3 Å². The summed E-state index contributed by atoms with van der Waals surface area (Å²) < 4.78 is 16.4. The number of carboxylic acid groups (broad SMARTS) is 1. The highest BCUT2D eigenvalue weighted by Gasteiger charge is 2.23. The number of rotatable bonds is 3. The van der Waals surface area contributed by atoms with Crippen molar-refractivity contribution >= 4 is 22.5 Å². The van der Waals surface area contributed by atoms with Gasteiger partial charge < -0.3 is 9.51 Å². The van der Waals surface area contributed by atoms with Crippen LogP contribution in [-0.4, -0.2) is 20.0 Å². The Labute approximate surface area is 118 Å². The molecule has 6 heteroatoms. The fourth-order valence-electron chi connectivity index (χ4n) is 2.67. The van der Waals surface area contributed by atoms with Crippen molar-refractivity contribution in [2.75, 3.05) is 0 Å². The van der Waals surface area contributed by atoms with Gasteiger partial charge in [0, 0.05) is 6.20 Å². The number of aliphatic carboxylic acids is 1. The topological polar surface area (TPSA) is 63.7 Å². The predicted molar refractivity (Wildman–Crippen MR) is 76.1 cm³/mol. The minimum Gasteiger partial charge on any atom is -0.480 e. The Hall–Kier alpha value is -2.63. The van der Waals surface area contributed by atoms with E-state index in [2.05, 4.69) is 0 Å². The number of carbonyl (C=O) groups is 1. The molecule has 0 amide bonds. The van der Waals surface area contributed by atoms with E-state index in [4.69, 9.17) is 0 Å². The van der Waals surface area contributed by atoms with Gasteiger partial charge in [0.25, 0.3) is 5.56 Å². The summed E-state index contributed by atoms with van der Waals surface area (Å²) in [6.45, 7) is 1.68. The largest absolute Gasteiger partial charge is 0.480 e. The molecule has 0 radical (unpaired) electrons. The third-order valence-electron chi connectivity index (χ3n) is 3.63. The maximum Gasteiger partial charge on any atom is 0.326 e. The third kappa shape index (κ3) is 1.91. The molecular formula is C15H13FN2O3. The number of hydrogen-bond donors (Lipinski definition) is 1. The highest BCUT2D eigenvalue weighted by atomic mass is 19.1. The van der Waals surface area contributed by atoms with Crippen molar-refractivity contribution in [2.45, 2.75) is 19.4 Å². The molecular weight excluding hydrogens is 275 g/mol. The zero-order chi connectivity index (χ0) is 15.1. The van der Waals surface area contributed by atoms with Crippen LogP contribution in [0.1, 0.15) is 19.4 Å². The number of carboxylic acids is 1. The van der Waals surface area contributed by atoms with E-state index in [1.165, 1.54) is 12.1 Å². The van der Waals surface area contributed by atoms with Crippen molar-refractivity contribution < 1.29 is 14.3 Å². The van der Waals surface area contributed by atoms with Crippen LogP contribution in [0.2, 0.25) is 0 Å². The molecule has 5 nitrogen and oxygen atoms in total. The van der Waals surface area contributed by atoms with Crippen LogP contribution >= 0.6 is 0 Å². The summed E-state index contributed by atoms with van der Waals surface area (Å²) in [6.07, 6.45) is 1.93. The molecule has 0 saturated carbocycles. The van der Waals surface area contributed by atoms with E-state index in [1.807, 2.05) is 0 Å². The van der Waals surface area contributed by atoms with Crippen molar-refractivity contribution in [2.24, 2.45) is 0 Å². The summed E-state index contributed by atoms with van der Waals surface area (Å²) in [4.78, 5) is 24.0. The maximum atomic E-state index is 13.6. The smallest absolute Gasteiger partial charge is 0.326 e. The van der Waals surface area contributed by atoms with E-state index in [0.717, 1.165) is 4.57 Å². The number of halogens is 1. The second-order valence-electron chi connectivity index (χ2n) is 4.83. The van der Waals surface area contributed by atoms with Crippen LogP contribution in [0.5, 0.6) is 0 Å². The summed E-state index contributed by atoms with van der Waals surface area (Å²) in [5, 5.41) is 9.34. The number of hydrogen-bond acceptors (Lipinski definition) is 2. The molecule has 2 heterocycles. The van der Waals surface area contributed by atoms with Crippen molar-refractivity contribution in [3.8, 4) is 0 Å². The van der Waals surface area contributed by atoms with E-state index >= 15 is 0 Å². The van der Waals surface area contributed by atoms with Gasteiger partial charge in [0.05, 0.1) is 11.0 Å². The van der Waals surface area contributed by atoms with Gasteiger partial charge >= 0.3 is 5.97 Å². The van der Waals surface area contributed by atoms with Gasteiger partial charge in [0.2, 0.25) is 0 Å². The number of benzene rings is 1. The maximum absolute atomic E-state index is 13.6. The van der Waals surface area contributed by atoms with Crippen LogP contribution in [0.3, 0.4) is 0 Å². The van der Waals surface area contributed by atoms with E-state index < -0.39 is 23.4 Å². The second kappa shape index (κ2) is 4.73. The quantitative estimate of drug-likeness (QED) is 0.805. The summed E-state index contributed by atoms with van der Waals surface area (Å²) in [5.74, 6) is -1.62. The molecule has 3 rings (SSSR count). The second-order valence-corrected chi connectivity index (χ2v) is 4.83. The minimum absolute atomic E-state index is 0.234. The first-order valence-electron chi connectivity index (χ1n) is 6.58. The van der Waals surface area contributed by atoms with E-state index in [9.17, 15) is 19.1 Å². The summed E-state index contributed by atoms with van der Waals surface area (Å²) >= 11 is 0. The van der Waals surface area contributed by atoms with Gasteiger partial charge in [-0.25, -0.2) is 9.18 Å². The summed E-state index contributed by atoms with van der Waals surface area (Å²) in [6, 6.07) is 6.33. The molecule has 1 atom stereocenters. The van der Waals surface area contributed by atoms with E-state index in [0.29, 0.717) is 11.0 Å². The Morgan fingerprint density at radius 2 is 2.05 bits per heavy atom. The lowest BCUT2D eigenvalue weighted by molar-refractivity contribution is -0.140. The average Bonchev–Trinajstić information content (AvgIpc) is 2.92. The molecule has 0 spiro atoms. The van der Waals surface area contributed by atoms with Gasteiger partial charge in [-0.05, 0) is 36.8 Å². The van der Waals surface area contributed by atoms with Gasteiger partial charge in [-0.2, -0.15) is 0 Å². The lowest BCUT2D eigenvalue weighted by Gasteiger charge is -2.18. The summed E-state index contributed by atoms with van der Waals surface area (Å²) in [5.41, 5.74) is 0.801. The molecule has 0 bridgehead atoms. The molecule has 0 aliphatic carbocycles. The van der Waals surface area contributed by atoms with E-state index in [-0.39, 0.29) is 11.9 Å². The van der Waals surface area contributed by atoms with Crippen LogP contribution in [-0.2, 0) is 4.79 Å². The zero-order valence-corrected chi connectivity index (χ0v) is 11.3. The Morgan fingerprint density at radius 1 is 1.29 bits per heavy atom. The molecule has 0 aliphatic rings. The van der Waals surface area contributed by atoms with Crippen LogP contribution in [0.4, 0.5) is 4.39 Å². The Bertz CT molecular complexity index is 910. The molecule has 2 aromatic heterocycles. The molecule has 1 unspecified atom stereocenters. The average molecular weight is 288 g/mol. The third-order valence-corrected chi connectivity index (χ3v) is 3.63. The fraction of sp³-hybridized carbons (Fsp3) is 0.200. The molecule has 3 aromatic rings. The molecule has 21 heavy (non-hydrogen) atoms. The fourth-order valence-corrected chi connectivity index (χ4v) is 2.67. The number of fused-ring (bicyclic) bond motifs is 3. The van der Waals surface area contributed by atoms with Crippen LogP contribution in [0.25, 0.3) is 16.6 Å². The van der Waals surface area contributed by atoms with Crippen molar-refractivity contribution in [3.63, 3.8) is 0 Å². The van der Waals surface area contributed by atoms with Gasteiger partial charge in [-0.3, -0.25) is 9.36 Å². The van der Waals surface area contributed by atoms with Gasteiger partial charge in [0.1, 0.15) is 17.4 Å². The predicted octanol–water partition coefficient (Wildman–Crippen LogP) is 2.43. The Morgan fingerprint density at radius 3 is 2.71 bits per heavy atom. The van der Waals surface area contributed by atoms with Crippen molar-refractivity contribution in [3.05, 3.63) is 52.7 Å². The van der Waals surface area contributed by atoms with Crippen LogP contribution in [0, 0.1) is 5.82 Å². The van der Waals surface area contributed by atoms with Crippen molar-refractivity contribution in [1.29, 1.82) is 0 Å². The Kier molecular flexibility index (Phi) is 3.01. The van der Waals surface area contributed by atoms with E-state index in [1.54, 1.807) is 35.7 Å². The van der Waals surface area contributed by atoms with Gasteiger partial charge in [-0.15, -0.1) is 0 Å². The van der Waals surface area contributed by atoms with Gasteiger partial charge in [-0.1, -0.05) is 6.92 Å². The zero-order valence-electron chi connectivity index (χ0n) is 11.3. The highest BCUT2D eigenvalue weighted by molar-refractivity contribution is 5.82.